The molecule has 1 aromatic heterocycles. The number of methoxy groups -OCH3 is 1. The highest BCUT2D eigenvalue weighted by atomic mass is 35.5. The number of halogens is 5. The smallest absolute Gasteiger partial charge is 0.417 e. The molecular weight excluding hydrogens is 490 g/mol. The number of alkyl halides is 3. The van der Waals surface area contributed by atoms with Crippen molar-refractivity contribution in [3.8, 4) is 11.5 Å². The fraction of sp³-hybridized carbons (Fsp3) is 0.167. The Bertz CT molecular complexity index is 1180. The van der Waals surface area contributed by atoms with Gasteiger partial charge in [0.1, 0.15) is 12.4 Å². The standard InChI is InChI=1S/C24H20Cl2F3N3O2/c1-3-4-17-9-16(12-31-32-22-8-6-18(13-30-22)24(27,28)29)11-21(33-2)23(17)34-14-15-5-7-19(25)20(26)10-15/h3,5-13H,1,4,14H2,2H3,(H,30,32)/b31-12-. The van der Waals surface area contributed by atoms with E-state index >= 15 is 0 Å². The van der Waals surface area contributed by atoms with E-state index in [2.05, 4.69) is 22.1 Å². The van der Waals surface area contributed by atoms with E-state index in [-0.39, 0.29) is 12.4 Å². The van der Waals surface area contributed by atoms with Gasteiger partial charge in [-0.15, -0.1) is 6.58 Å². The van der Waals surface area contributed by atoms with Crippen LogP contribution in [0.15, 0.2) is 66.4 Å². The summed E-state index contributed by atoms with van der Waals surface area (Å²) in [5.41, 5.74) is 4.09. The maximum absolute atomic E-state index is 12.7. The molecule has 0 saturated heterocycles. The molecule has 1 N–H and O–H groups in total. The molecule has 178 valence electrons. The van der Waals surface area contributed by atoms with Crippen LogP contribution in [0, 0.1) is 0 Å². The lowest BCUT2D eigenvalue weighted by Crippen LogP contribution is -2.05. The van der Waals surface area contributed by atoms with E-state index in [9.17, 15) is 13.2 Å². The number of aromatic nitrogens is 1. The van der Waals surface area contributed by atoms with Gasteiger partial charge in [-0.2, -0.15) is 18.3 Å². The van der Waals surface area contributed by atoms with E-state index in [1.54, 1.807) is 24.3 Å². The molecule has 3 aromatic rings. The van der Waals surface area contributed by atoms with Crippen molar-refractivity contribution < 1.29 is 22.6 Å². The molecule has 0 spiro atoms. The molecule has 34 heavy (non-hydrogen) atoms. The Labute approximate surface area is 204 Å². The van der Waals surface area contributed by atoms with Gasteiger partial charge in [-0.05, 0) is 53.9 Å². The number of nitrogens with zero attached hydrogens (tertiary/aromatic N) is 2. The average molecular weight is 510 g/mol. The lowest BCUT2D eigenvalue weighted by Gasteiger charge is -2.16. The predicted octanol–water partition coefficient (Wildman–Crippen LogP) is 7.17. The van der Waals surface area contributed by atoms with Crippen LogP contribution in [-0.2, 0) is 19.2 Å². The van der Waals surface area contributed by atoms with Gasteiger partial charge in [0, 0.05) is 11.8 Å². The Morgan fingerprint density at radius 2 is 1.91 bits per heavy atom. The number of hydrazone groups is 1. The van der Waals surface area contributed by atoms with Crippen LogP contribution in [0.25, 0.3) is 0 Å². The van der Waals surface area contributed by atoms with Gasteiger partial charge >= 0.3 is 6.18 Å². The van der Waals surface area contributed by atoms with Crippen LogP contribution in [-0.4, -0.2) is 18.3 Å². The first kappa shape index (κ1) is 25.4. The molecule has 3 rings (SSSR count). The number of ether oxygens (including phenoxy) is 2. The largest absolute Gasteiger partial charge is 0.493 e. The van der Waals surface area contributed by atoms with Gasteiger partial charge in [0.15, 0.2) is 11.5 Å². The highest BCUT2D eigenvalue weighted by molar-refractivity contribution is 6.42. The van der Waals surface area contributed by atoms with Crippen molar-refractivity contribution in [3.63, 3.8) is 0 Å². The second-order valence-corrected chi connectivity index (χ2v) is 7.86. The van der Waals surface area contributed by atoms with Crippen molar-refractivity contribution in [1.82, 2.24) is 4.98 Å². The zero-order valence-electron chi connectivity index (χ0n) is 18.0. The third-order valence-electron chi connectivity index (χ3n) is 4.59. The first-order valence-electron chi connectivity index (χ1n) is 9.92. The van der Waals surface area contributed by atoms with Gasteiger partial charge in [-0.1, -0.05) is 35.3 Å². The van der Waals surface area contributed by atoms with Crippen molar-refractivity contribution in [1.29, 1.82) is 0 Å². The minimum atomic E-state index is -4.45. The topological polar surface area (TPSA) is 55.7 Å². The SMILES string of the molecule is C=CCc1cc(/C=N\Nc2ccc(C(F)(F)F)cn2)cc(OC)c1OCc1ccc(Cl)c(Cl)c1. The first-order chi connectivity index (χ1) is 16.2. The third-order valence-corrected chi connectivity index (χ3v) is 5.33. The lowest BCUT2D eigenvalue weighted by molar-refractivity contribution is -0.137. The van der Waals surface area contributed by atoms with E-state index in [1.807, 2.05) is 12.1 Å². The van der Waals surface area contributed by atoms with Crippen LogP contribution in [0.1, 0.15) is 22.3 Å². The number of hydrogen-bond acceptors (Lipinski definition) is 5. The predicted molar refractivity (Wildman–Crippen MR) is 128 cm³/mol. The number of allylic oxidation sites excluding steroid dienone is 1. The van der Waals surface area contributed by atoms with Crippen molar-refractivity contribution >= 4 is 35.2 Å². The maximum atomic E-state index is 12.7. The number of rotatable bonds is 9. The molecule has 0 fully saturated rings. The molecule has 10 heteroatoms. The Balaban J connectivity index is 1.77. The van der Waals surface area contributed by atoms with E-state index in [4.69, 9.17) is 32.7 Å². The Morgan fingerprint density at radius 3 is 2.53 bits per heavy atom. The number of nitrogens with one attached hydrogen (secondary N) is 1. The second-order valence-electron chi connectivity index (χ2n) is 7.04. The average Bonchev–Trinajstić information content (AvgIpc) is 2.80. The van der Waals surface area contributed by atoms with Crippen LogP contribution in [0.5, 0.6) is 11.5 Å². The summed E-state index contributed by atoms with van der Waals surface area (Å²) >= 11 is 12.0. The number of anilines is 1. The Hall–Kier alpha value is -3.23. The Kier molecular flexibility index (Phi) is 8.41. The fourth-order valence-electron chi connectivity index (χ4n) is 2.97. The van der Waals surface area contributed by atoms with Gasteiger partial charge < -0.3 is 9.47 Å². The molecule has 0 bridgehead atoms. The van der Waals surface area contributed by atoms with Crippen molar-refractivity contribution in [2.24, 2.45) is 5.10 Å². The summed E-state index contributed by atoms with van der Waals surface area (Å²) in [6, 6.07) is 10.9. The molecule has 1 heterocycles. The minimum Gasteiger partial charge on any atom is -0.493 e. The summed E-state index contributed by atoms with van der Waals surface area (Å²) in [6.45, 7) is 4.03. The summed E-state index contributed by atoms with van der Waals surface area (Å²) in [4.78, 5) is 3.72. The van der Waals surface area contributed by atoms with E-state index < -0.39 is 11.7 Å². The summed E-state index contributed by atoms with van der Waals surface area (Å²) in [5.74, 6) is 1.20. The summed E-state index contributed by atoms with van der Waals surface area (Å²) in [7, 11) is 1.52. The van der Waals surface area contributed by atoms with E-state index in [0.717, 1.165) is 23.4 Å². The van der Waals surface area contributed by atoms with Gasteiger partial charge in [-0.25, -0.2) is 4.98 Å². The molecule has 0 aliphatic rings. The zero-order chi connectivity index (χ0) is 24.7. The molecule has 0 aliphatic carbocycles. The second kappa shape index (κ2) is 11.3. The van der Waals surface area contributed by atoms with Crippen LogP contribution in [0.3, 0.4) is 0 Å². The lowest BCUT2D eigenvalue weighted by atomic mass is 10.1. The fourth-order valence-corrected chi connectivity index (χ4v) is 3.29. The molecule has 5 nitrogen and oxygen atoms in total. The normalized spacial score (nSPS) is 11.5. The number of hydrogen-bond donors (Lipinski definition) is 1. The maximum Gasteiger partial charge on any atom is 0.417 e. The van der Waals surface area contributed by atoms with E-state index in [1.165, 1.54) is 19.4 Å². The van der Waals surface area contributed by atoms with Crippen LogP contribution < -0.4 is 14.9 Å². The van der Waals surface area contributed by atoms with Gasteiger partial charge in [-0.3, -0.25) is 5.43 Å². The number of pyridine rings is 1. The summed E-state index contributed by atoms with van der Waals surface area (Å²) in [5, 5.41) is 4.94. The van der Waals surface area contributed by atoms with Gasteiger partial charge in [0.05, 0.1) is 28.9 Å². The van der Waals surface area contributed by atoms with Gasteiger partial charge in [0.25, 0.3) is 0 Å². The van der Waals surface area contributed by atoms with Crippen molar-refractivity contribution in [2.75, 3.05) is 12.5 Å². The van der Waals surface area contributed by atoms with Crippen molar-refractivity contribution in [2.45, 2.75) is 19.2 Å². The zero-order valence-corrected chi connectivity index (χ0v) is 19.5. The minimum absolute atomic E-state index is 0.170. The van der Waals surface area contributed by atoms with Gasteiger partial charge in [0.2, 0.25) is 0 Å². The molecule has 0 atom stereocenters. The monoisotopic (exact) mass is 509 g/mol. The quantitative estimate of drug-likeness (QED) is 0.188. The summed E-state index contributed by atoms with van der Waals surface area (Å²) in [6.07, 6.45) is 0.0194. The molecule has 2 aromatic carbocycles. The van der Waals surface area contributed by atoms with E-state index in [0.29, 0.717) is 33.5 Å². The van der Waals surface area contributed by atoms with Crippen LogP contribution >= 0.6 is 23.2 Å². The van der Waals surface area contributed by atoms with Crippen LogP contribution in [0.2, 0.25) is 10.0 Å². The molecule has 0 saturated carbocycles. The summed E-state index contributed by atoms with van der Waals surface area (Å²) < 4.78 is 49.5. The molecule has 0 aliphatic heterocycles. The molecule has 0 unspecified atom stereocenters. The molecule has 0 radical (unpaired) electrons. The van der Waals surface area contributed by atoms with Crippen LogP contribution in [0.4, 0.5) is 19.0 Å². The molecule has 0 amide bonds. The highest BCUT2D eigenvalue weighted by Gasteiger charge is 2.30. The third kappa shape index (κ3) is 6.65. The Morgan fingerprint density at radius 1 is 1.12 bits per heavy atom. The first-order valence-corrected chi connectivity index (χ1v) is 10.7. The number of benzene rings is 2. The molecular formula is C24H20Cl2F3N3O2. The van der Waals surface area contributed by atoms with Crippen molar-refractivity contribution in [3.05, 3.63) is 93.6 Å². The highest BCUT2D eigenvalue weighted by Crippen LogP contribution is 2.34.